The van der Waals surface area contributed by atoms with Crippen LogP contribution in [-0.4, -0.2) is 101 Å². The molecule has 1 aliphatic carbocycles. The molecule has 0 radical (unpaired) electrons. The molecule has 0 saturated carbocycles. The molecule has 2 aliphatic rings. The van der Waals surface area contributed by atoms with Crippen molar-refractivity contribution in [3.05, 3.63) is 45.6 Å². The molecule has 2 atom stereocenters. The number of amides is 2. The lowest BCUT2D eigenvalue weighted by atomic mass is 9.95. The van der Waals surface area contributed by atoms with Crippen molar-refractivity contribution >= 4 is 51.0 Å². The van der Waals surface area contributed by atoms with Crippen LogP contribution in [0.3, 0.4) is 0 Å². The fraction of sp³-hybridized carbons (Fsp3) is 0.531. The van der Waals surface area contributed by atoms with Crippen molar-refractivity contribution in [2.45, 2.75) is 38.3 Å². The third-order valence-electron chi connectivity index (χ3n) is 8.20. The van der Waals surface area contributed by atoms with Gasteiger partial charge >= 0.3 is 0 Å². The van der Waals surface area contributed by atoms with Crippen molar-refractivity contribution in [3.8, 4) is 28.4 Å². The molecule has 258 valence electrons. The maximum atomic E-state index is 13.8. The zero-order valence-corrected chi connectivity index (χ0v) is 29.9. The predicted molar refractivity (Wildman–Crippen MR) is 189 cm³/mol. The van der Waals surface area contributed by atoms with Crippen LogP contribution in [0.15, 0.2) is 29.1 Å². The molecule has 0 bridgehead atoms. The standard InChI is InChI=1S/C32H44N4O8S3/c1-20(37)34-24-8-6-21-18-28(42-2)30(43-3)31(44-4)29(21)22-7-9-25(27(38)19-23(22)24)35-26(10-14-45-5)32(39)33-11-17-47(40,41)36-12-15-46-16-13-36/h7,9,18-19,24,26H,6,8,10-17H2,1-5H3,(H,33,39)(H,34,37)(H,35,38). The van der Waals surface area contributed by atoms with Crippen LogP contribution < -0.4 is 35.6 Å². The average Bonchev–Trinajstić information content (AvgIpc) is 3.30. The SMILES string of the molecule is COc1cc2c(c(OC)c1OC)-c1ccc(NC(CCSC)C(=O)NCCS(=O)(=O)N3CCSCC3)c(=O)cc1C(NC(C)=O)CC2. The number of aryl methyl sites for hydroxylation is 1. The quantitative estimate of drug-likeness (QED) is 0.266. The van der Waals surface area contributed by atoms with Gasteiger partial charge in [-0.15, -0.1) is 0 Å². The molecule has 2 aromatic rings. The zero-order valence-electron chi connectivity index (χ0n) is 27.5. The average molecular weight is 709 g/mol. The van der Waals surface area contributed by atoms with E-state index in [0.29, 0.717) is 66.5 Å². The monoisotopic (exact) mass is 708 g/mol. The molecule has 12 nitrogen and oxygen atoms in total. The van der Waals surface area contributed by atoms with E-state index in [2.05, 4.69) is 16.0 Å². The minimum absolute atomic E-state index is 0.0381. The number of benzene rings is 1. The second-order valence-corrected chi connectivity index (χ2v) is 15.5. The molecule has 2 amide bonds. The molecule has 0 spiro atoms. The lowest BCUT2D eigenvalue weighted by Crippen LogP contribution is -2.45. The summed E-state index contributed by atoms with van der Waals surface area (Å²) in [6.45, 7) is 2.34. The third kappa shape index (κ3) is 8.86. The Labute approximate surface area is 285 Å². The second-order valence-electron chi connectivity index (χ2n) is 11.2. The first kappa shape index (κ1) is 36.7. The van der Waals surface area contributed by atoms with E-state index < -0.39 is 28.0 Å². The van der Waals surface area contributed by atoms with Crippen LogP contribution in [0, 0.1) is 0 Å². The number of ether oxygens (including phenoxy) is 3. The van der Waals surface area contributed by atoms with Crippen molar-refractivity contribution in [1.82, 2.24) is 14.9 Å². The molecule has 0 aromatic heterocycles. The Bertz CT molecular complexity index is 1620. The van der Waals surface area contributed by atoms with E-state index in [-0.39, 0.29) is 29.3 Å². The lowest BCUT2D eigenvalue weighted by molar-refractivity contribution is -0.122. The van der Waals surface area contributed by atoms with Crippen LogP contribution in [0.5, 0.6) is 17.2 Å². The van der Waals surface area contributed by atoms with Crippen LogP contribution in [0.1, 0.15) is 36.9 Å². The fourth-order valence-corrected chi connectivity index (χ4v) is 8.86. The van der Waals surface area contributed by atoms with Gasteiger partial charge in [-0.3, -0.25) is 14.4 Å². The molecule has 2 unspecified atom stereocenters. The molecule has 15 heteroatoms. The maximum Gasteiger partial charge on any atom is 0.242 e. The van der Waals surface area contributed by atoms with Gasteiger partial charge in [-0.25, -0.2) is 12.7 Å². The van der Waals surface area contributed by atoms with E-state index in [1.54, 1.807) is 42.8 Å². The highest BCUT2D eigenvalue weighted by Gasteiger charge is 2.30. The van der Waals surface area contributed by atoms with Crippen LogP contribution >= 0.6 is 23.5 Å². The second kappa shape index (κ2) is 16.8. The number of carbonyl (C=O) groups is 2. The smallest absolute Gasteiger partial charge is 0.242 e. The third-order valence-corrected chi connectivity index (χ3v) is 11.7. The summed E-state index contributed by atoms with van der Waals surface area (Å²) in [5.74, 6) is 2.67. The number of hydrogen-bond donors (Lipinski definition) is 3. The Morgan fingerprint density at radius 1 is 1.09 bits per heavy atom. The number of sulfonamides is 1. The number of thioether (sulfide) groups is 2. The number of rotatable bonds is 14. The van der Waals surface area contributed by atoms with Crippen molar-refractivity contribution in [1.29, 1.82) is 0 Å². The summed E-state index contributed by atoms with van der Waals surface area (Å²) in [7, 11) is 1.12. The van der Waals surface area contributed by atoms with Gasteiger partial charge in [-0.2, -0.15) is 23.5 Å². The number of nitrogens with zero attached hydrogens (tertiary/aromatic N) is 1. The summed E-state index contributed by atoms with van der Waals surface area (Å²) in [6.07, 6.45) is 3.41. The number of fused-ring (bicyclic) bond motifs is 3. The normalized spacial score (nSPS) is 16.9. The van der Waals surface area contributed by atoms with Crippen LogP contribution in [-0.2, 0) is 26.0 Å². The van der Waals surface area contributed by atoms with E-state index >= 15 is 0 Å². The predicted octanol–water partition coefficient (Wildman–Crippen LogP) is 2.89. The molecule has 1 aliphatic heterocycles. The first-order valence-electron chi connectivity index (χ1n) is 15.4. The van der Waals surface area contributed by atoms with Gasteiger partial charge in [0.25, 0.3) is 0 Å². The largest absolute Gasteiger partial charge is 0.493 e. The maximum absolute atomic E-state index is 13.8. The van der Waals surface area contributed by atoms with Gasteiger partial charge < -0.3 is 30.2 Å². The van der Waals surface area contributed by atoms with E-state index in [4.69, 9.17) is 14.2 Å². The van der Waals surface area contributed by atoms with Gasteiger partial charge in [0.1, 0.15) is 6.04 Å². The highest BCUT2D eigenvalue weighted by atomic mass is 32.2. The number of nitrogens with one attached hydrogen (secondary N) is 3. The van der Waals surface area contributed by atoms with Crippen molar-refractivity contribution in [2.24, 2.45) is 0 Å². The van der Waals surface area contributed by atoms with Crippen molar-refractivity contribution in [3.63, 3.8) is 0 Å². The van der Waals surface area contributed by atoms with Gasteiger partial charge in [0.05, 0.1) is 38.8 Å². The lowest BCUT2D eigenvalue weighted by Gasteiger charge is -2.25. The van der Waals surface area contributed by atoms with Crippen LogP contribution in [0.2, 0.25) is 0 Å². The van der Waals surface area contributed by atoms with Crippen LogP contribution in [0.25, 0.3) is 11.1 Å². The number of methoxy groups -OCH3 is 3. The molecule has 1 saturated heterocycles. The fourth-order valence-electron chi connectivity index (χ4n) is 5.90. The molecular formula is C32H44N4O8S3. The van der Waals surface area contributed by atoms with E-state index in [1.807, 2.05) is 12.3 Å². The number of anilines is 1. The Morgan fingerprint density at radius 2 is 1.81 bits per heavy atom. The summed E-state index contributed by atoms with van der Waals surface area (Å²) in [6, 6.07) is 5.55. The molecule has 1 fully saturated rings. The summed E-state index contributed by atoms with van der Waals surface area (Å²) in [4.78, 5) is 39.4. The minimum atomic E-state index is -3.49. The molecule has 3 N–H and O–H groups in total. The van der Waals surface area contributed by atoms with Crippen molar-refractivity contribution in [2.75, 3.05) is 75.5 Å². The summed E-state index contributed by atoms with van der Waals surface area (Å²) in [5, 5.41) is 8.89. The van der Waals surface area contributed by atoms with E-state index in [1.165, 1.54) is 31.5 Å². The summed E-state index contributed by atoms with van der Waals surface area (Å²) >= 11 is 3.28. The number of carbonyl (C=O) groups excluding carboxylic acids is 2. The first-order valence-corrected chi connectivity index (χ1v) is 19.6. The molecule has 4 rings (SSSR count). The van der Waals surface area contributed by atoms with Gasteiger partial charge in [-0.05, 0) is 66.2 Å². The van der Waals surface area contributed by atoms with E-state index in [9.17, 15) is 22.8 Å². The Hall–Kier alpha value is -3.14. The molecular weight excluding hydrogens is 665 g/mol. The van der Waals surface area contributed by atoms with Gasteiger partial charge in [0, 0.05) is 43.6 Å². The van der Waals surface area contributed by atoms with Gasteiger partial charge in [0.15, 0.2) is 11.5 Å². The summed E-state index contributed by atoms with van der Waals surface area (Å²) < 4.78 is 44.2. The van der Waals surface area contributed by atoms with Crippen molar-refractivity contribution < 1.29 is 32.2 Å². The zero-order chi connectivity index (χ0) is 34.1. The van der Waals surface area contributed by atoms with Gasteiger partial charge in [-0.1, -0.05) is 6.07 Å². The summed E-state index contributed by atoms with van der Waals surface area (Å²) in [5.41, 5.74) is 2.73. The Balaban J connectivity index is 1.69. The topological polar surface area (TPSA) is 152 Å². The van der Waals surface area contributed by atoms with Gasteiger partial charge in [0.2, 0.25) is 33.0 Å². The first-order chi connectivity index (χ1) is 22.5. The highest BCUT2D eigenvalue weighted by molar-refractivity contribution is 7.99. The molecule has 47 heavy (non-hydrogen) atoms. The number of hydrogen-bond acceptors (Lipinski definition) is 11. The highest BCUT2D eigenvalue weighted by Crippen LogP contribution is 2.50. The molecule has 2 aromatic carbocycles. The molecule has 1 heterocycles. The minimum Gasteiger partial charge on any atom is -0.493 e. The Morgan fingerprint density at radius 3 is 2.45 bits per heavy atom. The van der Waals surface area contributed by atoms with E-state index in [0.717, 1.165) is 22.6 Å². The Kier molecular flexibility index (Phi) is 13.1. The van der Waals surface area contributed by atoms with Crippen LogP contribution in [0.4, 0.5) is 5.69 Å².